The van der Waals surface area contributed by atoms with E-state index in [1.54, 1.807) is 6.26 Å². The molecule has 2 rings (SSSR count). The third-order valence-corrected chi connectivity index (χ3v) is 3.61. The third-order valence-electron chi connectivity index (χ3n) is 3.12. The summed E-state index contributed by atoms with van der Waals surface area (Å²) in [6.07, 6.45) is 6.76. The molecule has 19 heavy (non-hydrogen) atoms. The van der Waals surface area contributed by atoms with E-state index in [0.717, 1.165) is 30.3 Å². The Morgan fingerprint density at radius 2 is 2.05 bits per heavy atom. The first kappa shape index (κ1) is 14.4. The van der Waals surface area contributed by atoms with Gasteiger partial charge in [0.25, 0.3) is 0 Å². The Balaban J connectivity index is 2.00. The van der Waals surface area contributed by atoms with E-state index in [1.165, 1.54) is 11.1 Å². The monoisotopic (exact) mass is 321 g/mol. The first-order valence-electron chi connectivity index (χ1n) is 6.77. The van der Waals surface area contributed by atoms with Crippen molar-refractivity contribution in [3.05, 3.63) is 58.5 Å². The maximum absolute atomic E-state index is 5.15. The molecule has 0 spiro atoms. The fourth-order valence-electron chi connectivity index (χ4n) is 2.21. The summed E-state index contributed by atoms with van der Waals surface area (Å²) in [7, 11) is 0. The highest BCUT2D eigenvalue weighted by Crippen LogP contribution is 2.15. The molecular weight excluding hydrogens is 302 g/mol. The predicted octanol–water partition coefficient (Wildman–Crippen LogP) is 4.20. The fraction of sp³-hybridized carbons (Fsp3) is 0.375. The molecule has 1 N–H and O–H groups in total. The van der Waals surface area contributed by atoms with Gasteiger partial charge in [0.1, 0.15) is 0 Å². The zero-order valence-electron chi connectivity index (χ0n) is 11.2. The van der Waals surface area contributed by atoms with Crippen molar-refractivity contribution in [2.45, 2.75) is 32.2 Å². The number of benzene rings is 1. The van der Waals surface area contributed by atoms with Crippen LogP contribution in [0, 0.1) is 0 Å². The maximum Gasteiger partial charge on any atom is 0.0935 e. The average molecular weight is 322 g/mol. The zero-order chi connectivity index (χ0) is 13.5. The molecule has 0 saturated carbocycles. The van der Waals surface area contributed by atoms with Crippen LogP contribution in [-0.2, 0) is 12.8 Å². The second-order valence-corrected chi connectivity index (χ2v) is 5.74. The minimum Gasteiger partial charge on any atom is -0.472 e. The Morgan fingerprint density at radius 1 is 1.21 bits per heavy atom. The molecule has 1 aromatic carbocycles. The summed E-state index contributed by atoms with van der Waals surface area (Å²) >= 11 is 3.53. The van der Waals surface area contributed by atoms with Crippen LogP contribution in [0.15, 0.2) is 51.7 Å². The van der Waals surface area contributed by atoms with Crippen LogP contribution in [0.4, 0.5) is 0 Å². The maximum atomic E-state index is 5.15. The molecule has 0 bridgehead atoms. The number of furan rings is 1. The van der Waals surface area contributed by atoms with Gasteiger partial charge in [-0.25, -0.2) is 0 Å². The van der Waals surface area contributed by atoms with Crippen LogP contribution in [-0.4, -0.2) is 12.6 Å². The molecule has 2 aromatic rings. The lowest BCUT2D eigenvalue weighted by Crippen LogP contribution is -2.33. The zero-order valence-corrected chi connectivity index (χ0v) is 12.8. The van der Waals surface area contributed by atoms with Gasteiger partial charge in [0, 0.05) is 10.5 Å². The normalized spacial score (nSPS) is 12.5. The Bertz CT molecular complexity index is 481. The first-order chi connectivity index (χ1) is 9.28. The first-order valence-corrected chi connectivity index (χ1v) is 7.56. The molecule has 0 amide bonds. The number of hydrogen-bond donors (Lipinski definition) is 1. The van der Waals surface area contributed by atoms with E-state index in [4.69, 9.17) is 4.42 Å². The number of nitrogens with one attached hydrogen (secondary N) is 1. The predicted molar refractivity (Wildman–Crippen MR) is 82.3 cm³/mol. The third kappa shape index (κ3) is 4.84. The van der Waals surface area contributed by atoms with Gasteiger partial charge in [0.15, 0.2) is 0 Å². The molecule has 0 saturated heterocycles. The van der Waals surface area contributed by atoms with Crippen LogP contribution in [0.3, 0.4) is 0 Å². The van der Waals surface area contributed by atoms with Crippen molar-refractivity contribution in [1.29, 1.82) is 0 Å². The van der Waals surface area contributed by atoms with Crippen LogP contribution in [0.1, 0.15) is 24.5 Å². The molecular formula is C16H20BrNO. The van der Waals surface area contributed by atoms with Gasteiger partial charge in [-0.3, -0.25) is 0 Å². The second-order valence-electron chi connectivity index (χ2n) is 4.82. The topological polar surface area (TPSA) is 25.2 Å². The smallest absolute Gasteiger partial charge is 0.0935 e. The SMILES string of the molecule is CCCNC(Cc1ccoc1)Cc1cccc(Br)c1. The van der Waals surface area contributed by atoms with Crippen molar-refractivity contribution in [1.82, 2.24) is 5.32 Å². The molecule has 1 aromatic heterocycles. The highest BCUT2D eigenvalue weighted by molar-refractivity contribution is 9.10. The van der Waals surface area contributed by atoms with Gasteiger partial charge in [-0.1, -0.05) is 35.0 Å². The summed E-state index contributed by atoms with van der Waals surface area (Å²) in [5.41, 5.74) is 2.61. The van der Waals surface area contributed by atoms with E-state index in [0.29, 0.717) is 6.04 Å². The Morgan fingerprint density at radius 3 is 2.74 bits per heavy atom. The molecule has 0 aliphatic heterocycles. The number of halogens is 1. The summed E-state index contributed by atoms with van der Waals surface area (Å²) in [4.78, 5) is 0. The van der Waals surface area contributed by atoms with Crippen molar-refractivity contribution in [3.63, 3.8) is 0 Å². The van der Waals surface area contributed by atoms with E-state index in [-0.39, 0.29) is 0 Å². The highest BCUT2D eigenvalue weighted by Gasteiger charge is 2.10. The molecule has 102 valence electrons. The van der Waals surface area contributed by atoms with Gasteiger partial charge >= 0.3 is 0 Å². The fourth-order valence-corrected chi connectivity index (χ4v) is 2.65. The quantitative estimate of drug-likeness (QED) is 0.827. The van der Waals surface area contributed by atoms with Gasteiger partial charge in [-0.05, 0) is 55.1 Å². The minimum absolute atomic E-state index is 0.451. The van der Waals surface area contributed by atoms with Gasteiger partial charge in [-0.15, -0.1) is 0 Å². The Hall–Kier alpha value is -1.06. The molecule has 2 nitrogen and oxygen atoms in total. The summed E-state index contributed by atoms with van der Waals surface area (Å²) in [6, 6.07) is 11.0. The molecule has 0 fully saturated rings. The summed E-state index contributed by atoms with van der Waals surface area (Å²) in [6.45, 7) is 3.25. The van der Waals surface area contributed by atoms with Crippen molar-refractivity contribution in [2.75, 3.05) is 6.54 Å². The molecule has 1 heterocycles. The highest BCUT2D eigenvalue weighted by atomic mass is 79.9. The van der Waals surface area contributed by atoms with Gasteiger partial charge in [0.2, 0.25) is 0 Å². The van der Waals surface area contributed by atoms with Crippen molar-refractivity contribution < 1.29 is 4.42 Å². The van der Waals surface area contributed by atoms with E-state index >= 15 is 0 Å². The lowest BCUT2D eigenvalue weighted by atomic mass is 10.0. The largest absolute Gasteiger partial charge is 0.472 e. The van der Waals surface area contributed by atoms with Crippen molar-refractivity contribution in [2.24, 2.45) is 0 Å². The molecule has 3 heteroatoms. The standard InChI is InChI=1S/C16H20BrNO/c1-2-7-18-16(11-14-6-8-19-12-14)10-13-4-3-5-15(17)9-13/h3-6,8-9,12,16,18H,2,7,10-11H2,1H3. The number of rotatable bonds is 7. The molecule has 1 atom stereocenters. The lowest BCUT2D eigenvalue weighted by Gasteiger charge is -2.18. The van der Waals surface area contributed by atoms with E-state index in [2.05, 4.69) is 52.4 Å². The lowest BCUT2D eigenvalue weighted by molar-refractivity contribution is 0.499. The average Bonchev–Trinajstić information content (AvgIpc) is 2.89. The Kier molecular flexibility index (Phi) is 5.67. The van der Waals surface area contributed by atoms with Gasteiger partial charge < -0.3 is 9.73 Å². The van der Waals surface area contributed by atoms with Crippen LogP contribution in [0.5, 0.6) is 0 Å². The number of hydrogen-bond acceptors (Lipinski definition) is 2. The van der Waals surface area contributed by atoms with Crippen LogP contribution < -0.4 is 5.32 Å². The molecule has 1 unspecified atom stereocenters. The van der Waals surface area contributed by atoms with E-state index < -0.39 is 0 Å². The Labute approximate surface area is 123 Å². The second kappa shape index (κ2) is 7.51. The minimum atomic E-state index is 0.451. The van der Waals surface area contributed by atoms with Gasteiger partial charge in [0.05, 0.1) is 12.5 Å². The van der Waals surface area contributed by atoms with Crippen LogP contribution in [0.25, 0.3) is 0 Å². The van der Waals surface area contributed by atoms with Gasteiger partial charge in [-0.2, -0.15) is 0 Å². The van der Waals surface area contributed by atoms with E-state index in [1.807, 2.05) is 12.3 Å². The van der Waals surface area contributed by atoms with E-state index in [9.17, 15) is 0 Å². The van der Waals surface area contributed by atoms with Crippen LogP contribution in [0.2, 0.25) is 0 Å². The van der Waals surface area contributed by atoms with Crippen LogP contribution >= 0.6 is 15.9 Å². The summed E-state index contributed by atoms with van der Waals surface area (Å²) in [5, 5.41) is 3.62. The molecule has 0 aliphatic rings. The van der Waals surface area contributed by atoms with Crippen molar-refractivity contribution >= 4 is 15.9 Å². The summed E-state index contributed by atoms with van der Waals surface area (Å²) < 4.78 is 6.30. The molecule has 0 radical (unpaired) electrons. The molecule has 0 aliphatic carbocycles. The summed E-state index contributed by atoms with van der Waals surface area (Å²) in [5.74, 6) is 0. The van der Waals surface area contributed by atoms with Crippen molar-refractivity contribution in [3.8, 4) is 0 Å².